The summed E-state index contributed by atoms with van der Waals surface area (Å²) >= 11 is 0. The van der Waals surface area contributed by atoms with E-state index in [0.29, 0.717) is 6.42 Å². The molecule has 0 N–H and O–H groups in total. The van der Waals surface area contributed by atoms with Gasteiger partial charge in [-0.05, 0) is 25.0 Å². The van der Waals surface area contributed by atoms with Crippen molar-refractivity contribution in [3.63, 3.8) is 0 Å². The van der Waals surface area contributed by atoms with E-state index in [1.54, 1.807) is 24.3 Å². The molecule has 0 amide bonds. The number of sulfone groups is 1. The fourth-order valence-electron chi connectivity index (χ4n) is 1.54. The van der Waals surface area contributed by atoms with E-state index in [1.807, 2.05) is 20.8 Å². The first kappa shape index (κ1) is 13.7. The predicted molar refractivity (Wildman–Crippen MR) is 68.2 cm³/mol. The van der Waals surface area contributed by atoms with Gasteiger partial charge in [0, 0.05) is 6.42 Å². The molecule has 0 unspecified atom stereocenters. The van der Waals surface area contributed by atoms with E-state index in [0.717, 1.165) is 5.56 Å². The van der Waals surface area contributed by atoms with Crippen molar-refractivity contribution in [1.82, 2.24) is 0 Å². The van der Waals surface area contributed by atoms with Crippen molar-refractivity contribution in [1.29, 1.82) is 0 Å². The molecular formula is C13H17NO2S. The summed E-state index contributed by atoms with van der Waals surface area (Å²) < 4.78 is 24.4. The minimum absolute atomic E-state index is 0.189. The molecular weight excluding hydrogens is 234 g/mol. The smallest absolute Gasteiger partial charge is 0.296 e. The van der Waals surface area contributed by atoms with Crippen LogP contribution < -0.4 is 0 Å². The van der Waals surface area contributed by atoms with Gasteiger partial charge >= 0.3 is 5.37 Å². The van der Waals surface area contributed by atoms with Crippen LogP contribution >= 0.6 is 0 Å². The Kier molecular flexibility index (Phi) is 4.30. The topological polar surface area (TPSA) is 38.5 Å². The number of hydrogen-bond acceptors (Lipinski definition) is 2. The van der Waals surface area contributed by atoms with Crippen molar-refractivity contribution in [2.24, 2.45) is 5.92 Å². The van der Waals surface area contributed by atoms with E-state index in [-0.39, 0.29) is 10.8 Å². The summed E-state index contributed by atoms with van der Waals surface area (Å²) in [6, 6.07) is 6.65. The van der Waals surface area contributed by atoms with E-state index in [9.17, 15) is 8.42 Å². The van der Waals surface area contributed by atoms with Crippen molar-refractivity contribution in [2.75, 3.05) is 0 Å². The van der Waals surface area contributed by atoms with Crippen LogP contribution in [0.1, 0.15) is 25.8 Å². The van der Waals surface area contributed by atoms with E-state index in [2.05, 4.69) is 4.85 Å². The van der Waals surface area contributed by atoms with Crippen molar-refractivity contribution in [3.8, 4) is 0 Å². The Morgan fingerprint density at radius 1 is 1.24 bits per heavy atom. The number of benzene rings is 1. The largest absolute Gasteiger partial charge is 0.325 e. The van der Waals surface area contributed by atoms with Crippen LogP contribution in [0.4, 0.5) is 0 Å². The first-order chi connectivity index (χ1) is 7.87. The summed E-state index contributed by atoms with van der Waals surface area (Å²) in [4.78, 5) is 3.50. The zero-order valence-electron chi connectivity index (χ0n) is 10.3. The summed E-state index contributed by atoms with van der Waals surface area (Å²) in [6.45, 7) is 12.8. The fourth-order valence-corrected chi connectivity index (χ4v) is 3.14. The Morgan fingerprint density at radius 3 is 2.18 bits per heavy atom. The Hall–Kier alpha value is -1.34. The van der Waals surface area contributed by atoms with Gasteiger partial charge < -0.3 is 0 Å². The molecule has 1 aromatic rings. The Balaban J connectivity index is 3.10. The normalized spacial score (nSPS) is 13.4. The maximum atomic E-state index is 12.2. The van der Waals surface area contributed by atoms with Crippen LogP contribution in [0.5, 0.6) is 0 Å². The highest BCUT2D eigenvalue weighted by atomic mass is 32.2. The average molecular weight is 251 g/mol. The number of rotatable bonds is 4. The maximum Gasteiger partial charge on any atom is 0.325 e. The molecule has 0 fully saturated rings. The second-order valence-electron chi connectivity index (χ2n) is 4.57. The molecule has 0 radical (unpaired) electrons. The first-order valence-corrected chi connectivity index (χ1v) is 7.09. The van der Waals surface area contributed by atoms with E-state index < -0.39 is 15.2 Å². The monoisotopic (exact) mass is 251 g/mol. The van der Waals surface area contributed by atoms with Crippen LogP contribution in [-0.4, -0.2) is 13.8 Å². The lowest BCUT2D eigenvalue weighted by Crippen LogP contribution is -2.19. The van der Waals surface area contributed by atoms with Gasteiger partial charge in [0.2, 0.25) is 0 Å². The van der Waals surface area contributed by atoms with Crippen molar-refractivity contribution in [2.45, 2.75) is 37.5 Å². The Morgan fingerprint density at radius 2 is 1.76 bits per heavy atom. The summed E-state index contributed by atoms with van der Waals surface area (Å²) in [5.41, 5.74) is 1.01. The third kappa shape index (κ3) is 3.31. The van der Waals surface area contributed by atoms with Gasteiger partial charge in [0.05, 0.1) is 4.90 Å². The van der Waals surface area contributed by atoms with Crippen LogP contribution in [-0.2, 0) is 9.84 Å². The highest BCUT2D eigenvalue weighted by Gasteiger charge is 2.32. The van der Waals surface area contributed by atoms with Crippen LogP contribution in [0.3, 0.4) is 0 Å². The van der Waals surface area contributed by atoms with Crippen molar-refractivity contribution >= 4 is 9.84 Å². The lowest BCUT2D eigenvalue weighted by molar-refractivity contribution is 0.549. The number of hydrogen-bond donors (Lipinski definition) is 0. The lowest BCUT2D eigenvalue weighted by atomic mass is 10.1. The van der Waals surface area contributed by atoms with Gasteiger partial charge in [0.25, 0.3) is 9.84 Å². The molecule has 0 aliphatic rings. The summed E-state index contributed by atoms with van der Waals surface area (Å²) in [7, 11) is -3.52. The maximum absolute atomic E-state index is 12.2. The predicted octanol–water partition coefficient (Wildman–Crippen LogP) is 3.06. The molecule has 0 saturated carbocycles. The molecule has 0 saturated heterocycles. The highest BCUT2D eigenvalue weighted by molar-refractivity contribution is 7.92. The molecule has 0 aliphatic carbocycles. The molecule has 4 heteroatoms. The molecule has 1 rings (SSSR count). The van der Waals surface area contributed by atoms with Crippen molar-refractivity contribution < 1.29 is 8.42 Å². The zero-order valence-corrected chi connectivity index (χ0v) is 11.2. The standard InChI is InChI=1S/C13H17NO2S/c1-10(2)9-13(14-4)17(15,16)12-7-5-11(3)6-8-12/h5-8,10,13H,9H2,1-3H3/t13-/m0/s1. The van der Waals surface area contributed by atoms with Crippen LogP contribution in [0, 0.1) is 19.4 Å². The Labute approximate surface area is 103 Å². The molecule has 17 heavy (non-hydrogen) atoms. The van der Waals surface area contributed by atoms with E-state index >= 15 is 0 Å². The second kappa shape index (κ2) is 5.33. The van der Waals surface area contributed by atoms with E-state index in [1.165, 1.54) is 0 Å². The summed E-state index contributed by atoms with van der Waals surface area (Å²) in [6.07, 6.45) is 0.375. The molecule has 0 spiro atoms. The molecule has 1 aromatic carbocycles. The first-order valence-electron chi connectivity index (χ1n) is 5.55. The summed E-state index contributed by atoms with van der Waals surface area (Å²) in [5.74, 6) is 0.189. The van der Waals surface area contributed by atoms with Crippen LogP contribution in [0.25, 0.3) is 4.85 Å². The molecule has 0 aromatic heterocycles. The average Bonchev–Trinajstić information content (AvgIpc) is 2.26. The van der Waals surface area contributed by atoms with Gasteiger partial charge in [0.15, 0.2) is 0 Å². The van der Waals surface area contributed by atoms with E-state index in [4.69, 9.17) is 6.57 Å². The third-order valence-electron chi connectivity index (χ3n) is 2.52. The zero-order chi connectivity index (χ0) is 13.1. The molecule has 1 atom stereocenters. The molecule has 0 heterocycles. The van der Waals surface area contributed by atoms with Gasteiger partial charge in [-0.2, -0.15) is 0 Å². The number of aryl methyl sites for hydroxylation is 1. The Bertz CT molecular complexity index is 509. The number of nitrogens with zero attached hydrogens (tertiary/aromatic N) is 1. The van der Waals surface area contributed by atoms with Gasteiger partial charge in [-0.3, -0.25) is 4.85 Å². The van der Waals surface area contributed by atoms with Gasteiger partial charge in [-0.25, -0.2) is 15.0 Å². The second-order valence-corrected chi connectivity index (χ2v) is 6.68. The molecule has 92 valence electrons. The quantitative estimate of drug-likeness (QED) is 0.771. The van der Waals surface area contributed by atoms with Gasteiger partial charge in [0.1, 0.15) is 0 Å². The summed E-state index contributed by atoms with van der Waals surface area (Å²) in [5, 5.41) is -0.967. The van der Waals surface area contributed by atoms with Crippen molar-refractivity contribution in [3.05, 3.63) is 41.2 Å². The van der Waals surface area contributed by atoms with Gasteiger partial charge in [-0.15, -0.1) is 0 Å². The fraction of sp³-hybridized carbons (Fsp3) is 0.462. The highest BCUT2D eigenvalue weighted by Crippen LogP contribution is 2.22. The SMILES string of the molecule is [C-]#[N+][C@H](CC(C)C)S(=O)(=O)c1ccc(C)cc1. The molecule has 3 nitrogen and oxygen atoms in total. The van der Waals surface area contributed by atoms with Crippen LogP contribution in [0.2, 0.25) is 0 Å². The van der Waals surface area contributed by atoms with Gasteiger partial charge in [-0.1, -0.05) is 31.5 Å². The van der Waals surface area contributed by atoms with Crippen LogP contribution in [0.15, 0.2) is 29.2 Å². The molecule has 0 bridgehead atoms. The minimum Gasteiger partial charge on any atom is -0.296 e. The minimum atomic E-state index is -3.52. The molecule has 0 aliphatic heterocycles. The third-order valence-corrected chi connectivity index (χ3v) is 4.47. The lowest BCUT2D eigenvalue weighted by Gasteiger charge is -2.09.